The van der Waals surface area contributed by atoms with Gasteiger partial charge in [0.25, 0.3) is 11.5 Å². The normalized spacial score (nSPS) is 9.20. The quantitative estimate of drug-likeness (QED) is 0.147. The fourth-order valence-electron chi connectivity index (χ4n) is 3.18. The number of aromatic nitrogens is 3. The molecule has 0 aliphatic carbocycles. The van der Waals surface area contributed by atoms with Crippen LogP contribution >= 0.6 is 0 Å². The molecule has 2 heterocycles. The first kappa shape index (κ1) is 53.8. The molecule has 40 heavy (non-hydrogen) atoms. The second-order valence-electron chi connectivity index (χ2n) is 6.96. The molecule has 20 N–H and O–H groups in total. The minimum absolute atomic E-state index is 0. The molecule has 0 aliphatic heterocycles. The Morgan fingerprint density at radius 2 is 1.55 bits per heavy atom. The number of nitrogen functional groups attached to an aromatic ring is 1. The van der Waals surface area contributed by atoms with Gasteiger partial charge in [-0.15, -0.1) is 0 Å². The summed E-state index contributed by atoms with van der Waals surface area (Å²) >= 11 is 0. The van der Waals surface area contributed by atoms with Gasteiger partial charge in [-0.2, -0.15) is 4.98 Å². The monoisotopic (exact) mass is 598 g/mol. The Labute approximate surface area is 270 Å². The van der Waals surface area contributed by atoms with Crippen molar-refractivity contribution in [3.05, 3.63) is 57.5 Å². The molecule has 219 valence electrons. The minimum atomic E-state index is -1.55. The Hall–Kier alpha value is -2.43. The molecule has 0 bridgehead atoms. The molecule has 18 nitrogen and oxygen atoms in total. The van der Waals surface area contributed by atoms with Crippen LogP contribution < -0.4 is 51.3 Å². The van der Waals surface area contributed by atoms with Gasteiger partial charge >= 0.3 is 35.5 Å². The number of nitrogens with two attached hydrogens (primary N) is 1. The van der Waals surface area contributed by atoms with Crippen LogP contribution in [0.5, 0.6) is 0 Å². The molecule has 20 heteroatoms. The summed E-state index contributed by atoms with van der Waals surface area (Å²) in [6.45, 7) is 0. The number of hydrogen-bond donors (Lipinski definition) is 5. The first-order valence-electron chi connectivity index (χ1n) is 9.43. The van der Waals surface area contributed by atoms with Crippen molar-refractivity contribution < 1.29 is 92.5 Å². The molecular weight excluding hydrogens is 564 g/mol. The van der Waals surface area contributed by atoms with Crippen molar-refractivity contribution in [2.24, 2.45) is 0 Å². The zero-order chi connectivity index (χ0) is 22.5. The van der Waals surface area contributed by atoms with Gasteiger partial charge < -0.3 is 69.4 Å². The summed E-state index contributed by atoms with van der Waals surface area (Å²) in [5, 5.41) is 22.5. The van der Waals surface area contributed by atoms with Crippen LogP contribution in [0.2, 0.25) is 0 Å². The van der Waals surface area contributed by atoms with Crippen LogP contribution in [0.3, 0.4) is 0 Å². The van der Waals surface area contributed by atoms with E-state index < -0.39 is 30.3 Å². The zero-order valence-corrected chi connectivity index (χ0v) is 25.8. The number of carboxylic acids is 2. The van der Waals surface area contributed by atoms with E-state index in [-0.39, 0.29) is 121 Å². The van der Waals surface area contributed by atoms with Crippen molar-refractivity contribution in [3.63, 3.8) is 0 Å². The summed E-state index contributed by atoms with van der Waals surface area (Å²) < 4.78 is 0. The fraction of sp³-hybridized carbons (Fsp3) is 0.250. The van der Waals surface area contributed by atoms with Crippen molar-refractivity contribution in [1.29, 1.82) is 0 Å². The Balaban J connectivity index is -0.000000242. The maximum atomic E-state index is 12.3. The van der Waals surface area contributed by atoms with Gasteiger partial charge in [-0.1, -0.05) is 12.1 Å². The number of benzene rings is 1. The standard InChI is InChI=1S/C20H21N5O6.2Na.7H2O/c21-20-24-16-15(18(29)25-20)12(9-22-16)6-3-10-1-4-11(5-2-10)17(28)23-13(19(30)31)7-8-14(26)27;;;;;;;;;/h1-2,4-5,9,13H,3,6-8H2,(H,23,28)(H,26,27)(H,30,31)(H4,21,22,24,25,29);;;7*1H2/q;;+1;;;;;;;/p-1. The topological polar surface area (TPSA) is 415 Å². The molecule has 1 amide bonds. The number of carbonyl (C=O) groups is 3. The number of aryl methyl sites for hydroxylation is 2. The maximum Gasteiger partial charge on any atom is 1.00 e. The van der Waals surface area contributed by atoms with Crippen LogP contribution in [0.15, 0.2) is 35.3 Å². The number of carbonyl (C=O) groups excluding carboxylic acids is 2. The molecule has 3 rings (SSSR count). The Kier molecular flexibility index (Phi) is 32.8. The Morgan fingerprint density at radius 3 is 2.05 bits per heavy atom. The second kappa shape index (κ2) is 24.4. The number of H-pyrrole nitrogens is 2. The van der Waals surface area contributed by atoms with E-state index in [1.807, 2.05) is 0 Å². The van der Waals surface area contributed by atoms with Gasteiger partial charge in [0.05, 0.1) is 17.4 Å². The van der Waals surface area contributed by atoms with Crippen LogP contribution in [0.1, 0.15) is 34.3 Å². The Morgan fingerprint density at radius 1 is 1.00 bits per heavy atom. The average molecular weight is 598 g/mol. The molecule has 0 aliphatic rings. The molecule has 0 fully saturated rings. The number of nitrogens with zero attached hydrogens (tertiary/aromatic N) is 1. The summed E-state index contributed by atoms with van der Waals surface area (Å²) in [5.41, 5.74) is 7.53. The molecule has 0 spiro atoms. The van der Waals surface area contributed by atoms with E-state index >= 15 is 0 Å². The van der Waals surface area contributed by atoms with Crippen LogP contribution in [0, 0.1) is 0 Å². The summed E-state index contributed by atoms with van der Waals surface area (Å²) in [6, 6.07) is 5.12. The number of anilines is 1. The van der Waals surface area contributed by atoms with E-state index in [1.165, 1.54) is 0 Å². The molecule has 0 saturated carbocycles. The molecule has 1 radical (unpaired) electrons. The van der Waals surface area contributed by atoms with E-state index in [2.05, 4.69) is 20.3 Å². The SMILES string of the molecule is Nc1nc2[nH]cc(CCc3ccc(C(=O)NC(CCC(=O)O)C(=O)[O-])cc3)c2c(=O)[nH]1.O.O.O.O.O.O.O.[Na+].[Na]. The molecule has 3 aromatic rings. The third-order valence-corrected chi connectivity index (χ3v) is 4.78. The van der Waals surface area contributed by atoms with E-state index in [0.29, 0.717) is 23.9 Å². The van der Waals surface area contributed by atoms with Crippen molar-refractivity contribution >= 4 is 64.4 Å². The number of rotatable bonds is 9. The number of nitrogens with one attached hydrogen (secondary N) is 3. The molecule has 1 atom stereocenters. The third kappa shape index (κ3) is 14.3. The molecule has 1 aromatic carbocycles. The van der Waals surface area contributed by atoms with Crippen LogP contribution in [-0.4, -0.2) is 112 Å². The first-order valence-corrected chi connectivity index (χ1v) is 9.43. The molecule has 1 unspecified atom stereocenters. The third-order valence-electron chi connectivity index (χ3n) is 4.78. The first-order chi connectivity index (χ1) is 14.7. The summed E-state index contributed by atoms with van der Waals surface area (Å²) in [6.07, 6.45) is 2.15. The smallest absolute Gasteiger partial charge is 0.548 e. The Bertz CT molecular complexity index is 1210. The van der Waals surface area contributed by atoms with Crippen LogP contribution in [0.4, 0.5) is 5.95 Å². The van der Waals surface area contributed by atoms with Gasteiger partial charge in [-0.05, 0) is 42.5 Å². The van der Waals surface area contributed by atoms with Gasteiger partial charge in [0, 0.05) is 47.7 Å². The van der Waals surface area contributed by atoms with Gasteiger partial charge in [0.1, 0.15) is 5.65 Å². The second-order valence-corrected chi connectivity index (χ2v) is 6.96. The van der Waals surface area contributed by atoms with Crippen LogP contribution in [-0.2, 0) is 22.4 Å². The number of carboxylic acid groups (broad SMARTS) is 2. The average Bonchev–Trinajstić information content (AvgIpc) is 3.12. The van der Waals surface area contributed by atoms with Gasteiger partial charge in [0.2, 0.25) is 5.95 Å². The van der Waals surface area contributed by atoms with E-state index in [0.717, 1.165) is 11.1 Å². The summed E-state index contributed by atoms with van der Waals surface area (Å²) in [5.74, 6) is -3.32. The maximum absolute atomic E-state index is 12.3. The van der Waals surface area contributed by atoms with Gasteiger partial charge in [-0.25, -0.2) is 0 Å². The van der Waals surface area contributed by atoms with E-state index in [4.69, 9.17) is 10.8 Å². The molecule has 0 saturated heterocycles. The predicted molar refractivity (Wildman–Crippen MR) is 139 cm³/mol. The summed E-state index contributed by atoms with van der Waals surface area (Å²) in [7, 11) is 0. The summed E-state index contributed by atoms with van der Waals surface area (Å²) in [4.78, 5) is 55.5. The minimum Gasteiger partial charge on any atom is -0.548 e. The number of aromatic amines is 2. The van der Waals surface area contributed by atoms with Crippen molar-refractivity contribution in [3.8, 4) is 0 Å². The van der Waals surface area contributed by atoms with E-state index in [1.54, 1.807) is 30.5 Å². The largest absolute Gasteiger partial charge is 1.00 e. The van der Waals surface area contributed by atoms with Gasteiger partial charge in [0.15, 0.2) is 0 Å². The van der Waals surface area contributed by atoms with Gasteiger partial charge in [-0.3, -0.25) is 19.4 Å². The number of hydrogen-bond acceptors (Lipinski definition) is 7. The zero-order valence-electron chi connectivity index (χ0n) is 21.8. The fourth-order valence-corrected chi connectivity index (χ4v) is 3.18. The number of aliphatic carboxylic acids is 2. The van der Waals surface area contributed by atoms with Crippen LogP contribution in [0.25, 0.3) is 11.0 Å². The predicted octanol–water partition coefficient (Wildman–Crippen LogP) is -9.82. The number of fused-ring (bicyclic) bond motifs is 1. The van der Waals surface area contributed by atoms with E-state index in [9.17, 15) is 24.3 Å². The molecule has 2 aromatic heterocycles. The van der Waals surface area contributed by atoms with Crippen molar-refractivity contribution in [2.75, 3.05) is 5.73 Å². The van der Waals surface area contributed by atoms with Crippen molar-refractivity contribution in [1.82, 2.24) is 20.3 Å². The molecular formula is C20H34N5Na2O13. The van der Waals surface area contributed by atoms with Crippen molar-refractivity contribution in [2.45, 2.75) is 31.7 Å². The number of amides is 1.